The molecule has 0 aliphatic carbocycles. The minimum absolute atomic E-state index is 0.119. The number of nitrogens with zero attached hydrogens (tertiary/aromatic N) is 5. The van der Waals surface area contributed by atoms with Crippen LogP contribution in [0.2, 0.25) is 0 Å². The van der Waals surface area contributed by atoms with Gasteiger partial charge in [-0.1, -0.05) is 42.0 Å². The SMILES string of the molecule is CC(C)=CCn1c(N2CCCC(NC(=O)O)C2)nc2nc(CCc3ccccc3)n(C)c(=O)c21. The first-order valence-electron chi connectivity index (χ1n) is 11.7. The first kappa shape index (κ1) is 23.5. The van der Waals surface area contributed by atoms with Crippen molar-refractivity contribution in [2.24, 2.45) is 7.05 Å². The molecule has 2 aromatic heterocycles. The average molecular weight is 465 g/mol. The monoisotopic (exact) mass is 464 g/mol. The van der Waals surface area contributed by atoms with E-state index in [-0.39, 0.29) is 11.6 Å². The second-order valence-electron chi connectivity index (χ2n) is 9.09. The van der Waals surface area contributed by atoms with Gasteiger partial charge in [-0.05, 0) is 38.7 Å². The normalized spacial score (nSPS) is 16.0. The van der Waals surface area contributed by atoms with Crippen molar-refractivity contribution in [1.29, 1.82) is 0 Å². The zero-order valence-corrected chi connectivity index (χ0v) is 20.0. The first-order valence-corrected chi connectivity index (χ1v) is 11.7. The molecule has 2 N–H and O–H groups in total. The van der Waals surface area contributed by atoms with E-state index in [0.717, 1.165) is 31.4 Å². The zero-order chi connectivity index (χ0) is 24.2. The second-order valence-corrected chi connectivity index (χ2v) is 9.09. The lowest BCUT2D eigenvalue weighted by Gasteiger charge is -2.33. The summed E-state index contributed by atoms with van der Waals surface area (Å²) in [6.45, 7) is 5.79. The minimum atomic E-state index is -1.02. The number of carboxylic acid groups (broad SMARTS) is 1. The molecule has 4 rings (SSSR count). The lowest BCUT2D eigenvalue weighted by Crippen LogP contribution is -2.48. The summed E-state index contributed by atoms with van der Waals surface area (Å²) in [5.41, 5.74) is 3.13. The number of allylic oxidation sites excluding steroid dienone is 2. The van der Waals surface area contributed by atoms with Gasteiger partial charge in [0.15, 0.2) is 11.2 Å². The van der Waals surface area contributed by atoms with Crippen LogP contribution < -0.4 is 15.8 Å². The topological polar surface area (TPSA) is 105 Å². The van der Waals surface area contributed by atoms with Crippen LogP contribution in [0, 0.1) is 0 Å². The Morgan fingerprint density at radius 3 is 2.68 bits per heavy atom. The van der Waals surface area contributed by atoms with Crippen LogP contribution in [0.3, 0.4) is 0 Å². The number of amides is 1. The van der Waals surface area contributed by atoms with Crippen molar-refractivity contribution >= 4 is 23.2 Å². The standard InChI is InChI=1S/C25H32N6O3/c1-17(2)13-15-31-21-22(28-24(31)30-14-7-10-19(16-30)26-25(33)34)27-20(29(3)23(21)32)12-11-18-8-5-4-6-9-18/h4-6,8-9,13,19,26H,7,10-12,14-16H2,1-3H3,(H,33,34). The molecular formula is C25H32N6O3. The number of carbonyl (C=O) groups is 1. The van der Waals surface area contributed by atoms with Gasteiger partial charge in [0, 0.05) is 39.1 Å². The smallest absolute Gasteiger partial charge is 0.404 e. The van der Waals surface area contributed by atoms with Crippen LogP contribution in [-0.4, -0.2) is 49.4 Å². The largest absolute Gasteiger partial charge is 0.465 e. The molecule has 1 aliphatic heterocycles. The summed E-state index contributed by atoms with van der Waals surface area (Å²) < 4.78 is 3.54. The number of anilines is 1. The maximum atomic E-state index is 13.5. The number of benzene rings is 1. The summed E-state index contributed by atoms with van der Waals surface area (Å²) in [4.78, 5) is 36.3. The van der Waals surface area contributed by atoms with Gasteiger partial charge in [-0.25, -0.2) is 9.78 Å². The van der Waals surface area contributed by atoms with Gasteiger partial charge < -0.3 is 19.9 Å². The quantitative estimate of drug-likeness (QED) is 0.521. The highest BCUT2D eigenvalue weighted by atomic mass is 16.4. The summed E-state index contributed by atoms with van der Waals surface area (Å²) in [6, 6.07) is 9.96. The predicted octanol–water partition coefficient (Wildman–Crippen LogP) is 3.12. The molecule has 34 heavy (non-hydrogen) atoms. The number of nitrogens with one attached hydrogen (secondary N) is 1. The molecule has 9 heteroatoms. The Bertz CT molecular complexity index is 1260. The maximum Gasteiger partial charge on any atom is 0.404 e. The highest BCUT2D eigenvalue weighted by molar-refractivity contribution is 5.74. The number of aryl methyl sites for hydroxylation is 2. The third-order valence-electron chi connectivity index (χ3n) is 6.25. The van der Waals surface area contributed by atoms with E-state index >= 15 is 0 Å². The molecule has 0 spiro atoms. The van der Waals surface area contributed by atoms with Gasteiger partial charge in [0.1, 0.15) is 5.82 Å². The molecule has 1 amide bonds. The van der Waals surface area contributed by atoms with Crippen molar-refractivity contribution in [1.82, 2.24) is 24.4 Å². The van der Waals surface area contributed by atoms with Gasteiger partial charge in [0.2, 0.25) is 5.95 Å². The van der Waals surface area contributed by atoms with Crippen LogP contribution >= 0.6 is 0 Å². The summed E-state index contributed by atoms with van der Waals surface area (Å²) in [5.74, 6) is 1.36. The number of fused-ring (bicyclic) bond motifs is 1. The molecule has 1 saturated heterocycles. The van der Waals surface area contributed by atoms with Gasteiger partial charge in [0.25, 0.3) is 5.56 Å². The van der Waals surface area contributed by atoms with Crippen molar-refractivity contribution in [2.75, 3.05) is 18.0 Å². The molecule has 3 heterocycles. The molecule has 9 nitrogen and oxygen atoms in total. The lowest BCUT2D eigenvalue weighted by molar-refractivity contribution is 0.188. The highest BCUT2D eigenvalue weighted by Gasteiger charge is 2.27. The minimum Gasteiger partial charge on any atom is -0.465 e. The molecule has 1 fully saturated rings. The third kappa shape index (κ3) is 5.13. The Hall–Kier alpha value is -3.62. The van der Waals surface area contributed by atoms with E-state index < -0.39 is 6.09 Å². The van der Waals surface area contributed by atoms with Gasteiger partial charge in [-0.15, -0.1) is 0 Å². The molecule has 0 saturated carbocycles. The molecule has 3 aromatic rings. The molecule has 1 unspecified atom stereocenters. The summed E-state index contributed by atoms with van der Waals surface area (Å²) in [6.07, 6.45) is 4.07. The first-order chi connectivity index (χ1) is 16.3. The number of imidazole rings is 1. The van der Waals surface area contributed by atoms with Crippen molar-refractivity contribution in [3.63, 3.8) is 0 Å². The van der Waals surface area contributed by atoms with E-state index in [1.807, 2.05) is 36.6 Å². The fraction of sp³-hybridized carbons (Fsp3) is 0.440. The van der Waals surface area contributed by atoms with Crippen molar-refractivity contribution in [3.8, 4) is 0 Å². The van der Waals surface area contributed by atoms with E-state index in [2.05, 4.69) is 28.4 Å². The Kier molecular flexibility index (Phi) is 7.00. The lowest BCUT2D eigenvalue weighted by atomic mass is 10.1. The van der Waals surface area contributed by atoms with Crippen LogP contribution in [0.4, 0.5) is 10.7 Å². The number of hydrogen-bond acceptors (Lipinski definition) is 5. The van der Waals surface area contributed by atoms with Crippen LogP contribution in [0.15, 0.2) is 46.8 Å². The molecule has 1 atom stereocenters. The second kappa shape index (κ2) is 10.1. The van der Waals surface area contributed by atoms with Crippen molar-refractivity contribution in [3.05, 3.63) is 63.7 Å². The van der Waals surface area contributed by atoms with E-state index in [1.165, 1.54) is 5.56 Å². The van der Waals surface area contributed by atoms with Crippen LogP contribution in [0.1, 0.15) is 38.1 Å². The number of piperidine rings is 1. The van der Waals surface area contributed by atoms with Gasteiger partial charge in [0.05, 0.1) is 0 Å². The third-order valence-corrected chi connectivity index (χ3v) is 6.25. The molecule has 1 aromatic carbocycles. The number of aromatic nitrogens is 4. The molecule has 0 bridgehead atoms. The Morgan fingerprint density at radius 2 is 1.97 bits per heavy atom. The Balaban J connectivity index is 1.73. The zero-order valence-electron chi connectivity index (χ0n) is 20.0. The van der Waals surface area contributed by atoms with E-state index in [9.17, 15) is 9.59 Å². The fourth-order valence-electron chi connectivity index (χ4n) is 4.45. The summed E-state index contributed by atoms with van der Waals surface area (Å²) >= 11 is 0. The predicted molar refractivity (Wildman–Crippen MR) is 132 cm³/mol. The molecule has 180 valence electrons. The number of rotatable bonds is 7. The summed E-state index contributed by atoms with van der Waals surface area (Å²) in [7, 11) is 1.76. The van der Waals surface area contributed by atoms with Gasteiger partial charge in [-0.2, -0.15) is 4.98 Å². The number of hydrogen-bond donors (Lipinski definition) is 2. The van der Waals surface area contributed by atoms with Crippen LogP contribution in [-0.2, 0) is 26.4 Å². The van der Waals surface area contributed by atoms with Gasteiger partial charge in [-0.3, -0.25) is 9.36 Å². The van der Waals surface area contributed by atoms with Crippen molar-refractivity contribution < 1.29 is 9.90 Å². The van der Waals surface area contributed by atoms with Crippen molar-refractivity contribution in [2.45, 2.75) is 52.1 Å². The molecule has 0 radical (unpaired) electrons. The Morgan fingerprint density at radius 1 is 1.21 bits per heavy atom. The van der Waals surface area contributed by atoms with Crippen LogP contribution in [0.25, 0.3) is 11.2 Å². The van der Waals surface area contributed by atoms with Crippen LogP contribution in [0.5, 0.6) is 0 Å². The molecular weight excluding hydrogens is 432 g/mol. The van der Waals surface area contributed by atoms with Gasteiger partial charge >= 0.3 is 6.09 Å². The molecule has 1 aliphatic rings. The average Bonchev–Trinajstić information content (AvgIpc) is 3.18. The van der Waals surface area contributed by atoms with E-state index in [0.29, 0.717) is 42.4 Å². The fourth-order valence-corrected chi connectivity index (χ4v) is 4.45. The summed E-state index contributed by atoms with van der Waals surface area (Å²) in [5, 5.41) is 11.7. The Labute approximate surface area is 198 Å². The van der Waals surface area contributed by atoms with E-state index in [1.54, 1.807) is 11.6 Å². The highest BCUT2D eigenvalue weighted by Crippen LogP contribution is 2.24. The van der Waals surface area contributed by atoms with E-state index in [4.69, 9.17) is 15.1 Å². The maximum absolute atomic E-state index is 13.5.